The van der Waals surface area contributed by atoms with E-state index in [-0.39, 0.29) is 25.0 Å². The van der Waals surface area contributed by atoms with Crippen molar-refractivity contribution in [2.24, 2.45) is 0 Å². The van der Waals surface area contributed by atoms with Crippen LogP contribution in [0.3, 0.4) is 0 Å². The summed E-state index contributed by atoms with van der Waals surface area (Å²) >= 11 is 0. The van der Waals surface area contributed by atoms with Gasteiger partial charge in [-0.1, -0.05) is 12.1 Å². The van der Waals surface area contributed by atoms with Crippen LogP contribution in [0, 0.1) is 5.82 Å². The fraction of sp³-hybridized carbons (Fsp3) is 0.312. The van der Waals surface area contributed by atoms with Crippen molar-refractivity contribution < 1.29 is 29.0 Å². The quantitative estimate of drug-likeness (QED) is 0.835. The van der Waals surface area contributed by atoms with Crippen molar-refractivity contribution in [2.75, 3.05) is 6.54 Å². The molecule has 1 atom stereocenters. The van der Waals surface area contributed by atoms with Gasteiger partial charge in [0.15, 0.2) is 11.5 Å². The zero-order chi connectivity index (χ0) is 17.1. The maximum absolute atomic E-state index is 13.1. The molecule has 1 aromatic rings. The van der Waals surface area contributed by atoms with Gasteiger partial charge < -0.3 is 15.1 Å². The fourth-order valence-corrected chi connectivity index (χ4v) is 2.64. The molecule has 0 spiro atoms. The Bertz CT molecular complexity index is 680. The second kappa shape index (κ2) is 6.60. The van der Waals surface area contributed by atoms with E-state index in [4.69, 9.17) is 5.11 Å². The summed E-state index contributed by atoms with van der Waals surface area (Å²) < 4.78 is 13.1. The summed E-state index contributed by atoms with van der Waals surface area (Å²) in [6.07, 6.45) is 0.0350. The first-order chi connectivity index (χ1) is 10.8. The molecule has 0 unspecified atom stereocenters. The Labute approximate surface area is 131 Å². The van der Waals surface area contributed by atoms with E-state index in [0.717, 1.165) is 0 Å². The largest absolute Gasteiger partial charge is 0.503 e. The molecule has 6 nitrogen and oxygen atoms in total. The number of ketones is 1. The lowest BCUT2D eigenvalue weighted by Gasteiger charge is -2.26. The van der Waals surface area contributed by atoms with Crippen molar-refractivity contribution in [3.8, 4) is 0 Å². The van der Waals surface area contributed by atoms with Gasteiger partial charge in [0, 0.05) is 13.0 Å². The second-order valence-electron chi connectivity index (χ2n) is 5.27. The first-order valence-electron chi connectivity index (χ1n) is 7.05. The summed E-state index contributed by atoms with van der Waals surface area (Å²) in [7, 11) is 0. The first-order valence-corrected chi connectivity index (χ1v) is 7.05. The Hall–Kier alpha value is -2.70. The third kappa shape index (κ3) is 3.39. The van der Waals surface area contributed by atoms with Crippen LogP contribution in [0.5, 0.6) is 0 Å². The number of carbonyl (C=O) groups excluding carboxylic acids is 2. The van der Waals surface area contributed by atoms with Crippen LogP contribution in [0.2, 0.25) is 0 Å². The van der Waals surface area contributed by atoms with Crippen molar-refractivity contribution in [3.63, 3.8) is 0 Å². The average molecular weight is 321 g/mol. The smallest absolute Gasteiger partial charge is 0.303 e. The van der Waals surface area contributed by atoms with Gasteiger partial charge in [0.1, 0.15) is 5.82 Å². The predicted molar refractivity (Wildman–Crippen MR) is 78.1 cm³/mol. The monoisotopic (exact) mass is 321 g/mol. The number of hydrogen-bond acceptors (Lipinski definition) is 4. The van der Waals surface area contributed by atoms with Crippen LogP contribution in [0.25, 0.3) is 0 Å². The molecule has 0 fully saturated rings. The highest BCUT2D eigenvalue weighted by atomic mass is 19.1. The van der Waals surface area contributed by atoms with Crippen LogP contribution in [0.15, 0.2) is 35.6 Å². The molecule has 122 valence electrons. The van der Waals surface area contributed by atoms with Crippen molar-refractivity contribution >= 4 is 17.7 Å². The summed E-state index contributed by atoms with van der Waals surface area (Å²) in [5.74, 6) is -3.30. The molecule has 2 rings (SSSR count). The summed E-state index contributed by atoms with van der Waals surface area (Å²) in [6, 6.07) is 4.41. The van der Waals surface area contributed by atoms with E-state index in [9.17, 15) is 23.9 Å². The van der Waals surface area contributed by atoms with Crippen molar-refractivity contribution in [3.05, 3.63) is 47.0 Å². The van der Waals surface area contributed by atoms with E-state index < -0.39 is 35.3 Å². The number of Topliss-reactive ketones (excluding diaryl/α,β-unsaturated/α-hetero) is 1. The van der Waals surface area contributed by atoms with Gasteiger partial charge in [0.05, 0.1) is 11.6 Å². The number of nitrogens with zero attached hydrogens (tertiary/aromatic N) is 1. The number of benzene rings is 1. The van der Waals surface area contributed by atoms with Crippen LogP contribution >= 0.6 is 0 Å². The van der Waals surface area contributed by atoms with E-state index in [1.165, 1.54) is 36.1 Å². The molecule has 23 heavy (non-hydrogen) atoms. The third-order valence-corrected chi connectivity index (χ3v) is 3.66. The van der Waals surface area contributed by atoms with Crippen LogP contribution in [-0.4, -0.2) is 39.3 Å². The minimum atomic E-state index is -1.00. The Kier molecular flexibility index (Phi) is 4.78. The Morgan fingerprint density at radius 3 is 2.39 bits per heavy atom. The minimum absolute atomic E-state index is 0.0584. The standard InChI is InChI=1S/C16H16FNO5/c1-9(19)13-14(10-4-6-11(17)7-5-10)18(16(23)15(13)22)8-2-3-12(20)21/h4-7,14,22H,2-3,8H2,1H3,(H,20,21)/t14-/m0/s1. The van der Waals surface area contributed by atoms with Crippen molar-refractivity contribution in [1.29, 1.82) is 0 Å². The number of carboxylic acids is 1. The molecule has 0 aromatic heterocycles. The SMILES string of the molecule is CC(=O)C1=C(O)C(=O)N(CCCC(=O)O)[C@H]1c1ccc(F)cc1. The number of carbonyl (C=O) groups is 3. The molecule has 2 N–H and O–H groups in total. The molecule has 1 aliphatic rings. The number of halogens is 1. The lowest BCUT2D eigenvalue weighted by Crippen LogP contribution is -2.32. The molecule has 0 aliphatic carbocycles. The number of rotatable bonds is 6. The Morgan fingerprint density at radius 1 is 1.26 bits per heavy atom. The topological polar surface area (TPSA) is 94.9 Å². The minimum Gasteiger partial charge on any atom is -0.503 e. The number of carboxylic acid groups (broad SMARTS) is 1. The highest BCUT2D eigenvalue weighted by Crippen LogP contribution is 2.37. The van der Waals surface area contributed by atoms with Crippen molar-refractivity contribution in [1.82, 2.24) is 4.90 Å². The zero-order valence-corrected chi connectivity index (χ0v) is 12.5. The van der Waals surface area contributed by atoms with Gasteiger partial charge in [-0.15, -0.1) is 0 Å². The number of aliphatic hydroxyl groups excluding tert-OH is 1. The van der Waals surface area contributed by atoms with Gasteiger partial charge in [-0.25, -0.2) is 4.39 Å². The molecule has 0 radical (unpaired) electrons. The average Bonchev–Trinajstić information content (AvgIpc) is 2.72. The second-order valence-corrected chi connectivity index (χ2v) is 5.27. The van der Waals surface area contributed by atoms with E-state index in [1.807, 2.05) is 0 Å². The third-order valence-electron chi connectivity index (χ3n) is 3.66. The van der Waals surface area contributed by atoms with Crippen LogP contribution in [0.4, 0.5) is 4.39 Å². The van der Waals surface area contributed by atoms with E-state index >= 15 is 0 Å². The highest BCUT2D eigenvalue weighted by Gasteiger charge is 2.41. The Balaban J connectivity index is 2.36. The number of aliphatic hydroxyl groups is 1. The molecule has 0 bridgehead atoms. The molecule has 1 amide bonds. The maximum Gasteiger partial charge on any atom is 0.303 e. The van der Waals surface area contributed by atoms with E-state index in [2.05, 4.69) is 0 Å². The van der Waals surface area contributed by atoms with Gasteiger partial charge in [0.25, 0.3) is 5.91 Å². The molecular formula is C16H16FNO5. The van der Waals surface area contributed by atoms with Gasteiger partial charge >= 0.3 is 5.97 Å². The fourth-order valence-electron chi connectivity index (χ4n) is 2.64. The van der Waals surface area contributed by atoms with Gasteiger partial charge in [-0.2, -0.15) is 0 Å². The molecule has 1 heterocycles. The number of hydrogen-bond donors (Lipinski definition) is 2. The van der Waals surface area contributed by atoms with Crippen molar-refractivity contribution in [2.45, 2.75) is 25.8 Å². The predicted octanol–water partition coefficient (Wildman–Crippen LogP) is 1.97. The summed E-state index contributed by atoms with van der Waals surface area (Å²) in [4.78, 5) is 35.9. The van der Waals surface area contributed by atoms with E-state index in [0.29, 0.717) is 5.56 Å². The van der Waals surface area contributed by atoms with Gasteiger partial charge in [-0.3, -0.25) is 14.4 Å². The lowest BCUT2D eigenvalue weighted by atomic mass is 9.96. The van der Waals surface area contributed by atoms with Crippen LogP contribution < -0.4 is 0 Å². The van der Waals surface area contributed by atoms with Gasteiger partial charge in [-0.05, 0) is 31.0 Å². The molecule has 0 saturated carbocycles. The van der Waals surface area contributed by atoms with Gasteiger partial charge in [0.2, 0.25) is 0 Å². The van der Waals surface area contributed by atoms with E-state index in [1.54, 1.807) is 0 Å². The first kappa shape index (κ1) is 16.7. The molecule has 7 heteroatoms. The number of aliphatic carboxylic acids is 1. The molecule has 1 aromatic carbocycles. The summed E-state index contributed by atoms with van der Waals surface area (Å²) in [5, 5.41) is 18.7. The summed E-state index contributed by atoms with van der Waals surface area (Å²) in [6.45, 7) is 1.30. The summed E-state index contributed by atoms with van der Waals surface area (Å²) in [5.41, 5.74) is 0.418. The molecular weight excluding hydrogens is 305 g/mol. The molecule has 0 saturated heterocycles. The normalized spacial score (nSPS) is 17.7. The zero-order valence-electron chi connectivity index (χ0n) is 12.5. The number of amides is 1. The molecule has 1 aliphatic heterocycles. The highest BCUT2D eigenvalue weighted by molar-refractivity contribution is 6.08. The van der Waals surface area contributed by atoms with Crippen LogP contribution in [0.1, 0.15) is 31.4 Å². The Morgan fingerprint density at radius 2 is 1.87 bits per heavy atom. The lowest BCUT2D eigenvalue weighted by molar-refractivity contribution is -0.138. The maximum atomic E-state index is 13.1. The van der Waals surface area contributed by atoms with Crippen LogP contribution in [-0.2, 0) is 14.4 Å².